The largest absolute Gasteiger partial charge is 0.392 e. The van der Waals surface area contributed by atoms with Crippen LogP contribution in [0.4, 0.5) is 0 Å². The molecule has 1 amide bonds. The summed E-state index contributed by atoms with van der Waals surface area (Å²) < 4.78 is 0. The molecule has 0 aromatic rings. The van der Waals surface area contributed by atoms with Gasteiger partial charge in [-0.3, -0.25) is 4.79 Å². The molecule has 4 atom stereocenters. The zero-order valence-electron chi connectivity index (χ0n) is 10.3. The number of amides is 1. The lowest BCUT2D eigenvalue weighted by atomic mass is 10.1. The van der Waals surface area contributed by atoms with Gasteiger partial charge < -0.3 is 15.7 Å². The summed E-state index contributed by atoms with van der Waals surface area (Å²) in [6.45, 7) is 2.72. The quantitative estimate of drug-likeness (QED) is 0.687. The van der Waals surface area contributed by atoms with Crippen molar-refractivity contribution in [2.45, 2.75) is 56.0 Å². The van der Waals surface area contributed by atoms with Crippen LogP contribution in [0.3, 0.4) is 0 Å². The molecule has 5 heteroatoms. The molecule has 0 radical (unpaired) electrons. The highest BCUT2D eigenvalue weighted by molar-refractivity contribution is 7.99. The van der Waals surface area contributed by atoms with Crippen LogP contribution in [0.1, 0.15) is 32.6 Å². The van der Waals surface area contributed by atoms with Crippen LogP contribution in [-0.4, -0.2) is 46.7 Å². The summed E-state index contributed by atoms with van der Waals surface area (Å²) in [5.74, 6) is 1.22. The van der Waals surface area contributed by atoms with Gasteiger partial charge in [-0.15, -0.1) is 0 Å². The van der Waals surface area contributed by atoms with E-state index in [0.717, 1.165) is 18.6 Å². The van der Waals surface area contributed by atoms with E-state index in [1.54, 1.807) is 0 Å². The fraction of sp³-hybridized carbons (Fsp3) is 0.917. The Balaban J connectivity index is 1.72. The average Bonchev–Trinajstić information content (AvgIpc) is 2.88. The Morgan fingerprint density at radius 3 is 2.94 bits per heavy atom. The summed E-state index contributed by atoms with van der Waals surface area (Å²) in [5, 5.41) is 16.2. The maximum atomic E-state index is 11.9. The second-order valence-electron chi connectivity index (χ2n) is 4.95. The van der Waals surface area contributed by atoms with E-state index in [1.807, 2.05) is 11.8 Å². The lowest BCUT2D eigenvalue weighted by Gasteiger charge is -2.16. The topological polar surface area (TPSA) is 61.4 Å². The zero-order valence-corrected chi connectivity index (χ0v) is 11.1. The number of hydrogen-bond acceptors (Lipinski definition) is 4. The van der Waals surface area contributed by atoms with Crippen molar-refractivity contribution in [2.24, 2.45) is 0 Å². The van der Waals surface area contributed by atoms with Gasteiger partial charge >= 0.3 is 0 Å². The molecule has 1 aliphatic carbocycles. The van der Waals surface area contributed by atoms with Gasteiger partial charge in [-0.05, 0) is 31.4 Å². The smallest absolute Gasteiger partial charge is 0.237 e. The lowest BCUT2D eigenvalue weighted by Crippen LogP contribution is -2.44. The number of aliphatic hydroxyl groups is 1. The van der Waals surface area contributed by atoms with Gasteiger partial charge in [0.25, 0.3) is 0 Å². The van der Waals surface area contributed by atoms with Crippen LogP contribution in [0, 0.1) is 0 Å². The average molecular weight is 258 g/mol. The molecule has 2 rings (SSSR count). The van der Waals surface area contributed by atoms with E-state index in [-0.39, 0.29) is 18.1 Å². The van der Waals surface area contributed by atoms with E-state index >= 15 is 0 Å². The summed E-state index contributed by atoms with van der Waals surface area (Å²) in [7, 11) is 0. The summed E-state index contributed by atoms with van der Waals surface area (Å²) in [6, 6.07) is 0.147. The second-order valence-corrected chi connectivity index (χ2v) is 6.52. The summed E-state index contributed by atoms with van der Waals surface area (Å²) in [6.07, 6.45) is 3.59. The van der Waals surface area contributed by atoms with Gasteiger partial charge in [-0.25, -0.2) is 0 Å². The molecule has 0 spiro atoms. The van der Waals surface area contributed by atoms with Crippen LogP contribution in [0.5, 0.6) is 0 Å². The monoisotopic (exact) mass is 258 g/mol. The number of carbonyl (C=O) groups is 1. The fourth-order valence-electron chi connectivity index (χ4n) is 2.68. The van der Waals surface area contributed by atoms with E-state index in [1.165, 1.54) is 6.42 Å². The summed E-state index contributed by atoms with van der Waals surface area (Å²) in [4.78, 5) is 11.9. The minimum atomic E-state index is -0.363. The van der Waals surface area contributed by atoms with Crippen molar-refractivity contribution in [3.63, 3.8) is 0 Å². The number of nitrogens with one attached hydrogen (secondary N) is 2. The lowest BCUT2D eigenvalue weighted by molar-refractivity contribution is -0.123. The van der Waals surface area contributed by atoms with Crippen LogP contribution in [-0.2, 0) is 4.79 Å². The highest BCUT2D eigenvalue weighted by Gasteiger charge is 2.31. The van der Waals surface area contributed by atoms with Gasteiger partial charge in [-0.1, -0.05) is 6.92 Å². The predicted molar refractivity (Wildman–Crippen MR) is 70.1 cm³/mol. The first-order chi connectivity index (χ1) is 8.19. The Morgan fingerprint density at radius 1 is 1.47 bits per heavy atom. The third-order valence-electron chi connectivity index (χ3n) is 3.56. The van der Waals surface area contributed by atoms with Crippen molar-refractivity contribution in [3.8, 4) is 0 Å². The standard InChI is InChI=1S/C12H22N2O2S/c1-2-17-10-4-3-8(5-10)14-12(16)11-6-9(15)7-13-11/h8-11,13,15H,2-7H2,1H3,(H,14,16). The third-order valence-corrected chi connectivity index (χ3v) is 4.79. The Hall–Kier alpha value is -0.260. The molecular formula is C12H22N2O2S. The van der Waals surface area contributed by atoms with Crippen molar-refractivity contribution in [1.82, 2.24) is 10.6 Å². The number of hydrogen-bond donors (Lipinski definition) is 3. The molecule has 1 aliphatic heterocycles. The molecule has 4 unspecified atom stereocenters. The van der Waals surface area contributed by atoms with E-state index in [4.69, 9.17) is 0 Å². The first kappa shape index (κ1) is 13.2. The molecule has 0 aromatic heterocycles. The van der Waals surface area contributed by atoms with Crippen LogP contribution in [0.15, 0.2) is 0 Å². The molecule has 1 saturated carbocycles. The first-order valence-electron chi connectivity index (χ1n) is 6.52. The minimum absolute atomic E-state index is 0.0636. The van der Waals surface area contributed by atoms with Crippen molar-refractivity contribution in [2.75, 3.05) is 12.3 Å². The van der Waals surface area contributed by atoms with E-state index in [2.05, 4.69) is 17.6 Å². The van der Waals surface area contributed by atoms with Crippen LogP contribution in [0.2, 0.25) is 0 Å². The molecule has 17 heavy (non-hydrogen) atoms. The molecule has 4 nitrogen and oxygen atoms in total. The minimum Gasteiger partial charge on any atom is -0.392 e. The normalized spacial score (nSPS) is 37.3. The highest BCUT2D eigenvalue weighted by Crippen LogP contribution is 2.29. The SMILES string of the molecule is CCSC1CCC(NC(=O)C2CC(O)CN2)C1. The highest BCUT2D eigenvalue weighted by atomic mass is 32.2. The number of carbonyl (C=O) groups excluding carboxylic acids is 1. The Bertz CT molecular complexity index is 275. The Kier molecular flexibility index (Phi) is 4.70. The molecular weight excluding hydrogens is 236 g/mol. The van der Waals surface area contributed by atoms with E-state index in [0.29, 0.717) is 24.3 Å². The van der Waals surface area contributed by atoms with Crippen LogP contribution >= 0.6 is 11.8 Å². The number of β-amino-alcohol motifs (C(OH)–C–C–N with tert-alkyl or cyclic N) is 1. The molecule has 1 heterocycles. The predicted octanol–water partition coefficient (Wildman–Crippen LogP) is 0.500. The molecule has 3 N–H and O–H groups in total. The van der Waals surface area contributed by atoms with E-state index in [9.17, 15) is 9.90 Å². The van der Waals surface area contributed by atoms with Crippen molar-refractivity contribution in [3.05, 3.63) is 0 Å². The second kappa shape index (κ2) is 6.07. The van der Waals surface area contributed by atoms with Gasteiger partial charge in [-0.2, -0.15) is 11.8 Å². The molecule has 2 fully saturated rings. The van der Waals surface area contributed by atoms with E-state index < -0.39 is 0 Å². The molecule has 2 aliphatic rings. The van der Waals surface area contributed by atoms with Crippen molar-refractivity contribution >= 4 is 17.7 Å². The zero-order chi connectivity index (χ0) is 12.3. The van der Waals surface area contributed by atoms with Gasteiger partial charge in [0.05, 0.1) is 12.1 Å². The maximum Gasteiger partial charge on any atom is 0.237 e. The van der Waals surface area contributed by atoms with Crippen molar-refractivity contribution < 1.29 is 9.90 Å². The van der Waals surface area contributed by atoms with Crippen molar-refractivity contribution in [1.29, 1.82) is 0 Å². The molecule has 0 bridgehead atoms. The fourth-order valence-corrected chi connectivity index (χ4v) is 3.82. The Labute approximate surface area is 107 Å². The molecule has 0 aromatic carbocycles. The third kappa shape index (κ3) is 3.60. The first-order valence-corrected chi connectivity index (χ1v) is 7.57. The summed E-state index contributed by atoms with van der Waals surface area (Å²) in [5.41, 5.74) is 0. The van der Waals surface area contributed by atoms with Crippen LogP contribution in [0.25, 0.3) is 0 Å². The van der Waals surface area contributed by atoms with Gasteiger partial charge in [0.15, 0.2) is 0 Å². The number of thioether (sulfide) groups is 1. The number of aliphatic hydroxyl groups excluding tert-OH is 1. The number of rotatable bonds is 4. The molecule has 1 saturated heterocycles. The van der Waals surface area contributed by atoms with Gasteiger partial charge in [0.1, 0.15) is 0 Å². The molecule has 98 valence electrons. The van der Waals surface area contributed by atoms with Crippen LogP contribution < -0.4 is 10.6 Å². The van der Waals surface area contributed by atoms with Gasteiger partial charge in [0.2, 0.25) is 5.91 Å². The summed E-state index contributed by atoms with van der Waals surface area (Å²) >= 11 is 2.00. The maximum absolute atomic E-state index is 11.9. The van der Waals surface area contributed by atoms with Gasteiger partial charge in [0, 0.05) is 17.8 Å². The Morgan fingerprint density at radius 2 is 2.29 bits per heavy atom.